The molecule has 0 radical (unpaired) electrons. The number of sulfone groups is 1. The Balaban J connectivity index is 2.73. The van der Waals surface area contributed by atoms with Gasteiger partial charge in [-0.1, -0.05) is 30.1 Å². The summed E-state index contributed by atoms with van der Waals surface area (Å²) < 4.78 is 28.6. The predicted molar refractivity (Wildman–Crippen MR) is 78.8 cm³/mol. The zero-order chi connectivity index (χ0) is 14.5. The van der Waals surface area contributed by atoms with Crippen molar-refractivity contribution in [3.63, 3.8) is 0 Å². The molecule has 0 aliphatic heterocycles. The third kappa shape index (κ3) is 5.18. The third-order valence-electron chi connectivity index (χ3n) is 2.46. The molecular formula is C12H17Cl2NO3S. The summed E-state index contributed by atoms with van der Waals surface area (Å²) in [7, 11) is -3.07. The minimum absolute atomic E-state index is 0.0379. The van der Waals surface area contributed by atoms with Gasteiger partial charge < -0.3 is 10.5 Å². The smallest absolute Gasteiger partial charge is 0.153 e. The van der Waals surface area contributed by atoms with Gasteiger partial charge in [-0.15, -0.1) is 0 Å². The maximum Gasteiger partial charge on any atom is 0.153 e. The van der Waals surface area contributed by atoms with Crippen molar-refractivity contribution in [2.24, 2.45) is 5.73 Å². The van der Waals surface area contributed by atoms with E-state index in [0.717, 1.165) is 0 Å². The molecule has 0 heterocycles. The third-order valence-corrected chi connectivity index (χ3v) is 4.78. The summed E-state index contributed by atoms with van der Waals surface area (Å²) in [6.07, 6.45) is 0.595. The van der Waals surface area contributed by atoms with E-state index >= 15 is 0 Å². The van der Waals surface area contributed by atoms with E-state index in [9.17, 15) is 8.42 Å². The Morgan fingerprint density at radius 1 is 1.26 bits per heavy atom. The summed E-state index contributed by atoms with van der Waals surface area (Å²) in [5, 5.41) is 0.803. The Bertz CT molecular complexity index is 532. The fourth-order valence-electron chi connectivity index (χ4n) is 1.61. The van der Waals surface area contributed by atoms with Crippen LogP contribution >= 0.6 is 23.2 Å². The molecule has 0 aliphatic rings. The van der Waals surface area contributed by atoms with Crippen LogP contribution in [0.25, 0.3) is 0 Å². The van der Waals surface area contributed by atoms with E-state index in [2.05, 4.69) is 0 Å². The van der Waals surface area contributed by atoms with Gasteiger partial charge in [-0.05, 0) is 18.6 Å². The summed E-state index contributed by atoms with van der Waals surface area (Å²) in [4.78, 5) is 0. The van der Waals surface area contributed by atoms with E-state index in [1.54, 1.807) is 6.07 Å². The molecule has 0 aliphatic carbocycles. The Hall–Kier alpha value is -0.490. The van der Waals surface area contributed by atoms with Crippen LogP contribution in [-0.4, -0.2) is 26.5 Å². The zero-order valence-corrected chi connectivity index (χ0v) is 13.0. The minimum Gasteiger partial charge on any atom is -0.491 e. The Labute approximate surface area is 123 Å². The normalized spacial score (nSPS) is 11.6. The van der Waals surface area contributed by atoms with Crippen molar-refractivity contribution < 1.29 is 13.2 Å². The highest BCUT2D eigenvalue weighted by Gasteiger charge is 2.13. The van der Waals surface area contributed by atoms with Gasteiger partial charge in [0.1, 0.15) is 12.4 Å². The van der Waals surface area contributed by atoms with Gasteiger partial charge in [-0.2, -0.15) is 0 Å². The first-order chi connectivity index (χ1) is 8.89. The second kappa shape index (κ2) is 7.33. The summed E-state index contributed by atoms with van der Waals surface area (Å²) in [6.45, 7) is 2.09. The van der Waals surface area contributed by atoms with Crippen molar-refractivity contribution in [1.82, 2.24) is 0 Å². The zero-order valence-electron chi connectivity index (χ0n) is 10.7. The second-order valence-electron chi connectivity index (χ2n) is 4.08. The number of hydrogen-bond donors (Lipinski definition) is 1. The van der Waals surface area contributed by atoms with E-state index in [1.807, 2.05) is 6.92 Å². The van der Waals surface area contributed by atoms with E-state index in [0.29, 0.717) is 27.8 Å². The molecule has 19 heavy (non-hydrogen) atoms. The number of nitrogens with two attached hydrogens (primary N) is 1. The predicted octanol–water partition coefficient (Wildman–Crippen LogP) is 2.66. The maximum atomic E-state index is 11.6. The molecule has 0 fully saturated rings. The molecule has 1 aromatic rings. The molecule has 0 spiro atoms. The van der Waals surface area contributed by atoms with E-state index in [-0.39, 0.29) is 24.7 Å². The summed E-state index contributed by atoms with van der Waals surface area (Å²) in [5.74, 6) is 0.526. The van der Waals surface area contributed by atoms with Gasteiger partial charge >= 0.3 is 0 Å². The molecular weight excluding hydrogens is 309 g/mol. The summed E-state index contributed by atoms with van der Waals surface area (Å²) in [5.41, 5.74) is 6.24. The molecule has 108 valence electrons. The van der Waals surface area contributed by atoms with Crippen molar-refractivity contribution in [1.29, 1.82) is 0 Å². The van der Waals surface area contributed by atoms with Crippen LogP contribution in [0.5, 0.6) is 5.75 Å². The molecule has 1 rings (SSSR count). The highest BCUT2D eigenvalue weighted by atomic mass is 35.5. The molecule has 0 atom stereocenters. The number of rotatable bonds is 7. The summed E-state index contributed by atoms with van der Waals surface area (Å²) in [6, 6.07) is 3.20. The Morgan fingerprint density at radius 3 is 2.53 bits per heavy atom. The van der Waals surface area contributed by atoms with E-state index in [1.165, 1.54) is 6.07 Å². The number of hydrogen-bond acceptors (Lipinski definition) is 4. The van der Waals surface area contributed by atoms with Crippen molar-refractivity contribution in [2.75, 3.05) is 18.1 Å². The SMILES string of the molecule is CCCS(=O)(=O)CCOc1c(Cl)cc(Cl)cc1CN. The van der Waals surface area contributed by atoms with Gasteiger partial charge in [-0.25, -0.2) is 8.42 Å². The molecule has 2 N–H and O–H groups in total. The van der Waals surface area contributed by atoms with Crippen LogP contribution < -0.4 is 10.5 Å². The monoisotopic (exact) mass is 325 g/mol. The standard InChI is InChI=1S/C12H17Cl2NO3S/c1-2-4-19(16,17)5-3-18-12-9(8-15)6-10(13)7-11(12)14/h6-7H,2-5,8,15H2,1H3. The average Bonchev–Trinajstić information content (AvgIpc) is 2.31. The topological polar surface area (TPSA) is 69.4 Å². The highest BCUT2D eigenvalue weighted by Crippen LogP contribution is 2.32. The van der Waals surface area contributed by atoms with Crippen LogP contribution in [0.4, 0.5) is 0 Å². The molecule has 0 amide bonds. The second-order valence-corrected chi connectivity index (χ2v) is 7.23. The summed E-state index contributed by atoms with van der Waals surface area (Å²) >= 11 is 11.9. The highest BCUT2D eigenvalue weighted by molar-refractivity contribution is 7.91. The van der Waals surface area contributed by atoms with Crippen LogP contribution in [0.2, 0.25) is 10.0 Å². The lowest BCUT2D eigenvalue weighted by Gasteiger charge is -2.12. The molecule has 4 nitrogen and oxygen atoms in total. The molecule has 0 aromatic heterocycles. The van der Waals surface area contributed by atoms with Gasteiger partial charge in [0.15, 0.2) is 9.84 Å². The molecule has 0 unspecified atom stereocenters. The van der Waals surface area contributed by atoms with Crippen LogP contribution in [0.3, 0.4) is 0 Å². The molecule has 1 aromatic carbocycles. The number of halogens is 2. The first-order valence-electron chi connectivity index (χ1n) is 5.91. The first kappa shape index (κ1) is 16.6. The lowest BCUT2D eigenvalue weighted by atomic mass is 10.2. The Kier molecular flexibility index (Phi) is 6.39. The van der Waals surface area contributed by atoms with Gasteiger partial charge in [0.25, 0.3) is 0 Å². The average molecular weight is 326 g/mol. The first-order valence-corrected chi connectivity index (χ1v) is 8.48. The van der Waals surface area contributed by atoms with Crippen LogP contribution in [0.15, 0.2) is 12.1 Å². The van der Waals surface area contributed by atoms with Crippen LogP contribution in [0.1, 0.15) is 18.9 Å². The van der Waals surface area contributed by atoms with Crippen LogP contribution in [0, 0.1) is 0 Å². The van der Waals surface area contributed by atoms with Gasteiger partial charge in [0, 0.05) is 17.1 Å². The largest absolute Gasteiger partial charge is 0.491 e. The fourth-order valence-corrected chi connectivity index (χ4v) is 3.36. The molecule has 0 saturated heterocycles. The van der Waals surface area contributed by atoms with Crippen molar-refractivity contribution in [2.45, 2.75) is 19.9 Å². The number of ether oxygens (including phenoxy) is 1. The van der Waals surface area contributed by atoms with Gasteiger partial charge in [-0.3, -0.25) is 0 Å². The van der Waals surface area contributed by atoms with E-state index in [4.69, 9.17) is 33.7 Å². The van der Waals surface area contributed by atoms with Crippen molar-refractivity contribution in [3.8, 4) is 5.75 Å². The quantitative estimate of drug-likeness (QED) is 0.836. The molecule has 0 bridgehead atoms. The lowest BCUT2D eigenvalue weighted by Crippen LogP contribution is -2.17. The van der Waals surface area contributed by atoms with Crippen molar-refractivity contribution in [3.05, 3.63) is 27.7 Å². The van der Waals surface area contributed by atoms with E-state index < -0.39 is 9.84 Å². The fraction of sp³-hybridized carbons (Fsp3) is 0.500. The lowest BCUT2D eigenvalue weighted by molar-refractivity contribution is 0.337. The van der Waals surface area contributed by atoms with Gasteiger partial charge in [0.05, 0.1) is 16.5 Å². The number of benzene rings is 1. The molecule has 7 heteroatoms. The Morgan fingerprint density at radius 2 is 1.95 bits per heavy atom. The van der Waals surface area contributed by atoms with Crippen LogP contribution in [-0.2, 0) is 16.4 Å². The van der Waals surface area contributed by atoms with Gasteiger partial charge in [0.2, 0.25) is 0 Å². The molecule has 0 saturated carbocycles. The maximum absolute atomic E-state index is 11.6. The van der Waals surface area contributed by atoms with Crippen molar-refractivity contribution >= 4 is 33.0 Å². The minimum atomic E-state index is -3.07.